The highest BCUT2D eigenvalue weighted by Crippen LogP contribution is 2.24. The van der Waals surface area contributed by atoms with Crippen LogP contribution in [0.2, 0.25) is 0 Å². The van der Waals surface area contributed by atoms with Gasteiger partial charge in [-0.1, -0.05) is 42.5 Å². The van der Waals surface area contributed by atoms with E-state index < -0.39 is 5.97 Å². The summed E-state index contributed by atoms with van der Waals surface area (Å²) in [5.41, 5.74) is 1.09. The zero-order chi connectivity index (χ0) is 17.1. The summed E-state index contributed by atoms with van der Waals surface area (Å²) in [6, 6.07) is 14.1. The molecule has 0 aromatic heterocycles. The molecule has 2 aromatic carbocycles. The van der Waals surface area contributed by atoms with Crippen molar-refractivity contribution in [1.82, 2.24) is 10.2 Å². The van der Waals surface area contributed by atoms with Gasteiger partial charge in [0.05, 0.1) is 18.5 Å². The van der Waals surface area contributed by atoms with Crippen LogP contribution in [0.3, 0.4) is 0 Å². The molecule has 1 heterocycles. The Kier molecular flexibility index (Phi) is 4.81. The van der Waals surface area contributed by atoms with Gasteiger partial charge in [-0.05, 0) is 36.2 Å². The van der Waals surface area contributed by atoms with Gasteiger partial charge in [0.15, 0.2) is 0 Å². The Balaban J connectivity index is 1.63. The van der Waals surface area contributed by atoms with E-state index in [0.717, 1.165) is 16.3 Å². The molecule has 5 heteroatoms. The Morgan fingerprint density at radius 3 is 2.75 bits per heavy atom. The van der Waals surface area contributed by atoms with Gasteiger partial charge in [-0.2, -0.15) is 0 Å². The first kappa shape index (κ1) is 16.5. The fraction of sp³-hybridized carbons (Fsp3) is 0.368. The molecular weight excluding hydrogens is 304 g/mol. The number of hydrogen-bond acceptors (Lipinski definition) is 3. The number of benzene rings is 2. The summed E-state index contributed by atoms with van der Waals surface area (Å²) in [5.74, 6) is -1.20. The molecule has 0 radical (unpaired) electrons. The maximum Gasteiger partial charge on any atom is 0.307 e. The first-order valence-electron chi connectivity index (χ1n) is 8.27. The van der Waals surface area contributed by atoms with Gasteiger partial charge in [0.25, 0.3) is 0 Å². The number of carbonyl (C=O) groups excluding carboxylic acids is 1. The van der Waals surface area contributed by atoms with Crippen LogP contribution in [0.5, 0.6) is 0 Å². The fourth-order valence-electron chi connectivity index (χ4n) is 3.37. The van der Waals surface area contributed by atoms with Crippen LogP contribution in [-0.4, -0.2) is 41.5 Å². The largest absolute Gasteiger partial charge is 0.481 e. The molecule has 1 amide bonds. The average Bonchev–Trinajstić information content (AvgIpc) is 3.02. The molecule has 2 N–H and O–H groups in total. The van der Waals surface area contributed by atoms with Crippen molar-refractivity contribution >= 4 is 22.6 Å². The van der Waals surface area contributed by atoms with E-state index in [1.54, 1.807) is 0 Å². The molecule has 0 bridgehead atoms. The maximum absolute atomic E-state index is 12.3. The van der Waals surface area contributed by atoms with Crippen molar-refractivity contribution in [2.24, 2.45) is 5.92 Å². The van der Waals surface area contributed by atoms with Crippen LogP contribution in [-0.2, 0) is 9.59 Å². The van der Waals surface area contributed by atoms with Crippen LogP contribution >= 0.6 is 0 Å². The molecule has 2 unspecified atom stereocenters. The van der Waals surface area contributed by atoms with Crippen LogP contribution in [0.1, 0.15) is 24.9 Å². The molecule has 3 rings (SSSR count). The van der Waals surface area contributed by atoms with Crippen molar-refractivity contribution < 1.29 is 14.7 Å². The maximum atomic E-state index is 12.3. The Morgan fingerprint density at radius 1 is 1.25 bits per heavy atom. The van der Waals surface area contributed by atoms with Gasteiger partial charge in [0.2, 0.25) is 5.91 Å². The van der Waals surface area contributed by atoms with E-state index >= 15 is 0 Å². The number of rotatable bonds is 5. The standard InChI is InChI=1S/C19H22N2O3/c1-13(16-8-4-6-14-5-2-3-7-17(14)16)20-18(22)12-21-10-9-15(11-21)19(23)24/h2-8,13,15H,9-12H2,1H3,(H,20,22)(H,23,24). The Hall–Kier alpha value is -2.40. The van der Waals surface area contributed by atoms with Crippen molar-refractivity contribution in [1.29, 1.82) is 0 Å². The summed E-state index contributed by atoms with van der Waals surface area (Å²) < 4.78 is 0. The highest BCUT2D eigenvalue weighted by molar-refractivity contribution is 5.87. The first-order valence-corrected chi connectivity index (χ1v) is 8.27. The number of likely N-dealkylation sites (tertiary alicyclic amines) is 1. The van der Waals surface area contributed by atoms with E-state index in [9.17, 15) is 9.59 Å². The Bertz CT molecular complexity index is 754. The van der Waals surface area contributed by atoms with Gasteiger partial charge in [0.1, 0.15) is 0 Å². The lowest BCUT2D eigenvalue weighted by molar-refractivity contribution is -0.141. The molecule has 0 saturated carbocycles. The predicted molar refractivity (Wildman–Crippen MR) is 92.7 cm³/mol. The summed E-state index contributed by atoms with van der Waals surface area (Å²) in [7, 11) is 0. The molecule has 2 aromatic rings. The van der Waals surface area contributed by atoms with Gasteiger partial charge < -0.3 is 10.4 Å². The number of carboxylic acids is 1. The van der Waals surface area contributed by atoms with Crippen LogP contribution < -0.4 is 5.32 Å². The summed E-state index contributed by atoms with van der Waals surface area (Å²) in [4.78, 5) is 25.2. The number of carbonyl (C=O) groups is 2. The predicted octanol–water partition coefficient (Wildman–Crippen LogP) is 2.42. The summed E-state index contributed by atoms with van der Waals surface area (Å²) in [6.45, 7) is 3.33. The lowest BCUT2D eigenvalue weighted by Crippen LogP contribution is -2.37. The Morgan fingerprint density at radius 2 is 2.00 bits per heavy atom. The normalized spacial score (nSPS) is 19.3. The number of aliphatic carboxylic acids is 1. The third-order valence-corrected chi connectivity index (χ3v) is 4.66. The van der Waals surface area contributed by atoms with Gasteiger partial charge in [-0.3, -0.25) is 14.5 Å². The van der Waals surface area contributed by atoms with Gasteiger partial charge in [0, 0.05) is 6.54 Å². The molecule has 2 atom stereocenters. The molecule has 1 aliphatic rings. The van der Waals surface area contributed by atoms with Crippen LogP contribution in [0.25, 0.3) is 10.8 Å². The number of nitrogens with zero attached hydrogens (tertiary/aromatic N) is 1. The number of hydrogen-bond donors (Lipinski definition) is 2. The average molecular weight is 326 g/mol. The van der Waals surface area contributed by atoms with Crippen LogP contribution in [0.15, 0.2) is 42.5 Å². The van der Waals surface area contributed by atoms with Gasteiger partial charge >= 0.3 is 5.97 Å². The SMILES string of the molecule is CC(NC(=O)CN1CCC(C(=O)O)C1)c1cccc2ccccc12. The van der Waals surface area contributed by atoms with Crippen molar-refractivity contribution in [2.75, 3.05) is 19.6 Å². The quantitative estimate of drug-likeness (QED) is 0.885. The molecule has 1 fully saturated rings. The molecule has 1 aliphatic heterocycles. The zero-order valence-corrected chi connectivity index (χ0v) is 13.7. The van der Waals surface area contributed by atoms with E-state index in [0.29, 0.717) is 19.5 Å². The fourth-order valence-corrected chi connectivity index (χ4v) is 3.37. The second kappa shape index (κ2) is 7.01. The van der Waals surface area contributed by atoms with E-state index in [1.807, 2.05) is 36.1 Å². The molecule has 126 valence electrons. The number of amides is 1. The topological polar surface area (TPSA) is 69.6 Å². The molecule has 0 spiro atoms. The number of carboxylic acid groups (broad SMARTS) is 1. The summed E-state index contributed by atoms with van der Waals surface area (Å²) in [6.07, 6.45) is 0.613. The number of fused-ring (bicyclic) bond motifs is 1. The summed E-state index contributed by atoms with van der Waals surface area (Å²) >= 11 is 0. The van der Waals surface area contributed by atoms with Crippen LogP contribution in [0.4, 0.5) is 0 Å². The first-order chi connectivity index (χ1) is 11.5. The van der Waals surface area contributed by atoms with Crippen molar-refractivity contribution in [3.8, 4) is 0 Å². The van der Waals surface area contributed by atoms with Crippen molar-refractivity contribution in [2.45, 2.75) is 19.4 Å². The Labute approximate surface area is 141 Å². The minimum Gasteiger partial charge on any atom is -0.481 e. The molecule has 0 aliphatic carbocycles. The highest BCUT2D eigenvalue weighted by Gasteiger charge is 2.29. The second-order valence-corrected chi connectivity index (χ2v) is 6.42. The minimum atomic E-state index is -0.776. The summed E-state index contributed by atoms with van der Waals surface area (Å²) in [5, 5.41) is 14.4. The minimum absolute atomic E-state index is 0.0681. The molecular formula is C19H22N2O3. The smallest absolute Gasteiger partial charge is 0.307 e. The third kappa shape index (κ3) is 3.57. The second-order valence-electron chi connectivity index (χ2n) is 6.42. The van der Waals surface area contributed by atoms with Gasteiger partial charge in [-0.15, -0.1) is 0 Å². The molecule has 5 nitrogen and oxygen atoms in total. The lowest BCUT2D eigenvalue weighted by Gasteiger charge is -2.19. The lowest BCUT2D eigenvalue weighted by atomic mass is 10.00. The van der Waals surface area contributed by atoms with Gasteiger partial charge in [-0.25, -0.2) is 0 Å². The highest BCUT2D eigenvalue weighted by atomic mass is 16.4. The van der Waals surface area contributed by atoms with E-state index in [-0.39, 0.29) is 24.4 Å². The van der Waals surface area contributed by atoms with E-state index in [4.69, 9.17) is 5.11 Å². The van der Waals surface area contributed by atoms with E-state index in [1.165, 1.54) is 0 Å². The van der Waals surface area contributed by atoms with Crippen molar-refractivity contribution in [3.63, 3.8) is 0 Å². The third-order valence-electron chi connectivity index (χ3n) is 4.66. The monoisotopic (exact) mass is 326 g/mol. The van der Waals surface area contributed by atoms with Crippen molar-refractivity contribution in [3.05, 3.63) is 48.0 Å². The molecule has 24 heavy (non-hydrogen) atoms. The molecule has 1 saturated heterocycles. The van der Waals surface area contributed by atoms with Crippen LogP contribution in [0, 0.1) is 5.92 Å². The zero-order valence-electron chi connectivity index (χ0n) is 13.7. The number of nitrogens with one attached hydrogen (secondary N) is 1. The van der Waals surface area contributed by atoms with E-state index in [2.05, 4.69) is 23.5 Å².